The lowest BCUT2D eigenvalue weighted by molar-refractivity contribution is -0.132. The molecule has 8 nitrogen and oxygen atoms in total. The van der Waals surface area contributed by atoms with E-state index in [2.05, 4.69) is 9.89 Å². The number of hydrogen-bond donors (Lipinski definition) is 0. The summed E-state index contributed by atoms with van der Waals surface area (Å²) in [6.07, 6.45) is 1.46. The second-order valence-corrected chi connectivity index (χ2v) is 5.49. The molecule has 0 saturated heterocycles. The number of carbonyl (C=O) groups is 2. The first-order valence-electron chi connectivity index (χ1n) is 8.26. The first kappa shape index (κ1) is 20.8. The molecule has 8 heteroatoms. The van der Waals surface area contributed by atoms with E-state index in [1.807, 2.05) is 0 Å². The molecule has 0 N–H and O–H groups in total. The van der Waals surface area contributed by atoms with Gasteiger partial charge in [0.1, 0.15) is 23.9 Å². The molecule has 148 valence electrons. The van der Waals surface area contributed by atoms with Gasteiger partial charge >= 0.3 is 11.9 Å². The van der Waals surface area contributed by atoms with Gasteiger partial charge in [-0.05, 0) is 24.3 Å². The lowest BCUT2D eigenvalue weighted by atomic mass is 10.1. The van der Waals surface area contributed by atoms with Crippen molar-refractivity contribution in [1.82, 2.24) is 0 Å². The zero-order chi connectivity index (χ0) is 20.5. The number of methoxy groups -OCH3 is 3. The van der Waals surface area contributed by atoms with Crippen LogP contribution in [0.3, 0.4) is 0 Å². The van der Waals surface area contributed by atoms with Crippen molar-refractivity contribution >= 4 is 18.2 Å². The highest BCUT2D eigenvalue weighted by Gasteiger charge is 2.13. The number of esters is 2. The molecule has 0 amide bonds. The molecule has 28 heavy (non-hydrogen) atoms. The smallest absolute Gasteiger partial charge is 0.337 e. The molecule has 0 atom stereocenters. The molecular weight excluding hydrogens is 366 g/mol. The molecular formula is C20H21NO7. The van der Waals surface area contributed by atoms with E-state index in [1.165, 1.54) is 26.3 Å². The Labute approximate surface area is 162 Å². The Bertz CT molecular complexity index is 855. The summed E-state index contributed by atoms with van der Waals surface area (Å²) in [5.74, 6) is 0.289. The van der Waals surface area contributed by atoms with Crippen molar-refractivity contribution in [2.75, 3.05) is 21.3 Å². The summed E-state index contributed by atoms with van der Waals surface area (Å²) in [5, 5.41) is 3.93. The summed E-state index contributed by atoms with van der Waals surface area (Å²) < 4.78 is 20.4. The Balaban J connectivity index is 2.17. The number of rotatable bonds is 8. The number of hydrogen-bond acceptors (Lipinski definition) is 8. The highest BCUT2D eigenvalue weighted by molar-refractivity contribution is 5.90. The van der Waals surface area contributed by atoms with Crippen LogP contribution in [0.15, 0.2) is 41.6 Å². The quantitative estimate of drug-likeness (QED) is 0.297. The monoisotopic (exact) mass is 387 g/mol. The molecule has 0 aromatic heterocycles. The molecule has 2 aromatic carbocycles. The van der Waals surface area contributed by atoms with Gasteiger partial charge in [0.05, 0.1) is 38.7 Å². The van der Waals surface area contributed by atoms with E-state index in [9.17, 15) is 9.59 Å². The summed E-state index contributed by atoms with van der Waals surface area (Å²) >= 11 is 0. The van der Waals surface area contributed by atoms with Crippen LogP contribution in [0.5, 0.6) is 17.2 Å². The molecule has 0 radical (unpaired) electrons. The maximum absolute atomic E-state index is 11.7. The Kier molecular flexibility index (Phi) is 7.38. The molecule has 0 bridgehead atoms. The maximum Gasteiger partial charge on any atom is 0.337 e. The van der Waals surface area contributed by atoms with Crippen molar-refractivity contribution in [3.63, 3.8) is 0 Å². The van der Waals surface area contributed by atoms with E-state index in [-0.39, 0.29) is 17.9 Å². The van der Waals surface area contributed by atoms with Crippen molar-refractivity contribution in [3.8, 4) is 17.2 Å². The largest absolute Gasteiger partial charge is 0.496 e. The standard InChI is InChI=1S/C20H21NO7/c1-13(22)28-19-10-14(20(23)26-4)8-9-15(19)12-27-21-11-16-17(24-2)6-5-7-18(16)25-3/h5-11H,12H2,1-4H3/b21-11+. The number of nitrogens with zero attached hydrogens (tertiary/aromatic N) is 1. The van der Waals surface area contributed by atoms with Gasteiger partial charge in [-0.15, -0.1) is 0 Å². The number of benzene rings is 2. The maximum atomic E-state index is 11.7. The van der Waals surface area contributed by atoms with Crippen LogP contribution < -0.4 is 14.2 Å². The summed E-state index contributed by atoms with van der Waals surface area (Å²) in [6.45, 7) is 1.28. The van der Waals surface area contributed by atoms with Crippen molar-refractivity contribution in [1.29, 1.82) is 0 Å². The van der Waals surface area contributed by atoms with Crippen LogP contribution in [0, 0.1) is 0 Å². The predicted molar refractivity (Wildman–Crippen MR) is 101 cm³/mol. The van der Waals surface area contributed by atoms with Crippen LogP contribution >= 0.6 is 0 Å². The molecule has 0 aliphatic heterocycles. The molecule has 2 rings (SSSR count). The summed E-state index contributed by atoms with van der Waals surface area (Å²) in [7, 11) is 4.36. The van der Waals surface area contributed by atoms with E-state index in [4.69, 9.17) is 19.0 Å². The van der Waals surface area contributed by atoms with Crippen molar-refractivity contribution in [2.24, 2.45) is 5.16 Å². The van der Waals surface area contributed by atoms with E-state index in [1.54, 1.807) is 44.6 Å². The molecule has 0 aliphatic rings. The van der Waals surface area contributed by atoms with Gasteiger partial charge in [-0.25, -0.2) is 4.79 Å². The molecule has 0 fully saturated rings. The lowest BCUT2D eigenvalue weighted by Gasteiger charge is -2.10. The summed E-state index contributed by atoms with van der Waals surface area (Å²) in [4.78, 5) is 28.3. The fourth-order valence-electron chi connectivity index (χ4n) is 2.37. The highest BCUT2D eigenvalue weighted by atomic mass is 16.6. The Morgan fingerprint density at radius 3 is 2.25 bits per heavy atom. The number of carbonyl (C=O) groups excluding carboxylic acids is 2. The fourth-order valence-corrected chi connectivity index (χ4v) is 2.37. The minimum atomic E-state index is -0.540. The Morgan fingerprint density at radius 2 is 1.68 bits per heavy atom. The third kappa shape index (κ3) is 5.23. The molecule has 0 saturated carbocycles. The van der Waals surface area contributed by atoms with E-state index in [0.29, 0.717) is 22.6 Å². The summed E-state index contributed by atoms with van der Waals surface area (Å²) in [6, 6.07) is 9.90. The van der Waals surface area contributed by atoms with Gasteiger partial charge in [-0.3, -0.25) is 4.79 Å². The lowest BCUT2D eigenvalue weighted by Crippen LogP contribution is -2.07. The van der Waals surface area contributed by atoms with Gasteiger partial charge in [-0.1, -0.05) is 17.3 Å². The molecule has 0 heterocycles. The van der Waals surface area contributed by atoms with Crippen LogP contribution in [0.4, 0.5) is 0 Å². The number of oxime groups is 1. The van der Waals surface area contributed by atoms with Gasteiger partial charge < -0.3 is 23.8 Å². The first-order chi connectivity index (χ1) is 13.5. The van der Waals surface area contributed by atoms with E-state index >= 15 is 0 Å². The van der Waals surface area contributed by atoms with Crippen molar-refractivity contribution < 1.29 is 33.4 Å². The third-order valence-corrected chi connectivity index (χ3v) is 3.68. The van der Waals surface area contributed by atoms with Crippen LogP contribution in [0.2, 0.25) is 0 Å². The topological polar surface area (TPSA) is 92.7 Å². The van der Waals surface area contributed by atoms with Crippen LogP contribution in [0.1, 0.15) is 28.4 Å². The second-order valence-electron chi connectivity index (χ2n) is 5.49. The van der Waals surface area contributed by atoms with Crippen LogP contribution in [0.25, 0.3) is 0 Å². The first-order valence-corrected chi connectivity index (χ1v) is 8.26. The minimum absolute atomic E-state index is 0.0119. The summed E-state index contributed by atoms with van der Waals surface area (Å²) in [5.41, 5.74) is 1.41. The van der Waals surface area contributed by atoms with Gasteiger partial charge in [0.25, 0.3) is 0 Å². The third-order valence-electron chi connectivity index (χ3n) is 3.68. The molecule has 0 unspecified atom stereocenters. The zero-order valence-electron chi connectivity index (χ0n) is 16.1. The van der Waals surface area contributed by atoms with Gasteiger partial charge in [0.15, 0.2) is 0 Å². The Hall–Kier alpha value is -3.55. The van der Waals surface area contributed by atoms with Crippen molar-refractivity contribution in [3.05, 3.63) is 53.1 Å². The van der Waals surface area contributed by atoms with Gasteiger partial charge in [0, 0.05) is 12.5 Å². The van der Waals surface area contributed by atoms with Gasteiger partial charge in [0.2, 0.25) is 0 Å². The zero-order valence-corrected chi connectivity index (χ0v) is 16.1. The van der Waals surface area contributed by atoms with Crippen molar-refractivity contribution in [2.45, 2.75) is 13.5 Å². The SMILES string of the molecule is COC(=O)c1ccc(CO/N=C/c2c(OC)cccc2OC)c(OC(C)=O)c1. The average molecular weight is 387 g/mol. The highest BCUT2D eigenvalue weighted by Crippen LogP contribution is 2.26. The Morgan fingerprint density at radius 1 is 1.00 bits per heavy atom. The van der Waals surface area contributed by atoms with E-state index in [0.717, 1.165) is 0 Å². The minimum Gasteiger partial charge on any atom is -0.496 e. The molecule has 0 aliphatic carbocycles. The molecule has 2 aromatic rings. The van der Waals surface area contributed by atoms with E-state index < -0.39 is 11.9 Å². The normalized spacial score (nSPS) is 10.4. The molecule has 0 spiro atoms. The number of ether oxygens (including phenoxy) is 4. The predicted octanol–water partition coefficient (Wildman–Crippen LogP) is 2.97. The average Bonchev–Trinajstić information content (AvgIpc) is 2.70. The second kappa shape index (κ2) is 9.96. The van der Waals surface area contributed by atoms with Crippen LogP contribution in [-0.2, 0) is 21.0 Å². The van der Waals surface area contributed by atoms with Crippen LogP contribution in [-0.4, -0.2) is 39.5 Å². The van der Waals surface area contributed by atoms with Gasteiger partial charge in [-0.2, -0.15) is 0 Å². The fraction of sp³-hybridized carbons (Fsp3) is 0.250.